The van der Waals surface area contributed by atoms with Gasteiger partial charge in [-0.15, -0.1) is 0 Å². The molecule has 2 fully saturated rings. The lowest BCUT2D eigenvalue weighted by molar-refractivity contribution is -0.120. The minimum atomic E-state index is -0.426. The zero-order valence-electron chi connectivity index (χ0n) is 29.7. The molecule has 272 valence electrons. The van der Waals surface area contributed by atoms with Crippen molar-refractivity contribution in [2.75, 3.05) is 48.3 Å². The molecule has 7 heterocycles. The molecule has 0 bridgehead atoms. The second kappa shape index (κ2) is 14.1. The Balaban J connectivity index is 0.827. The number of pyridine rings is 2. The molecule has 3 N–H and O–H groups in total. The summed E-state index contributed by atoms with van der Waals surface area (Å²) in [6.45, 7) is 6.05. The fourth-order valence-corrected chi connectivity index (χ4v) is 7.45. The van der Waals surface area contributed by atoms with E-state index in [9.17, 15) is 19.2 Å². The van der Waals surface area contributed by atoms with Crippen molar-refractivity contribution < 1.29 is 19.2 Å². The maximum Gasteiger partial charge on any atom is 0.329 e. The summed E-state index contributed by atoms with van der Waals surface area (Å²) in [5, 5.41) is 13.4. The molecule has 15 heteroatoms. The highest BCUT2D eigenvalue weighted by atomic mass is 16.2. The molecule has 1 atom stereocenters. The maximum absolute atomic E-state index is 13.1. The molecule has 0 radical (unpaired) electrons. The first-order valence-corrected chi connectivity index (χ1v) is 17.9. The molecule has 53 heavy (non-hydrogen) atoms. The van der Waals surface area contributed by atoms with Crippen LogP contribution >= 0.6 is 0 Å². The van der Waals surface area contributed by atoms with Crippen molar-refractivity contribution >= 4 is 52.0 Å². The number of carbonyl (C=O) groups is 4. The average molecular weight is 716 g/mol. The van der Waals surface area contributed by atoms with Gasteiger partial charge in [-0.2, -0.15) is 5.10 Å². The lowest BCUT2D eigenvalue weighted by Gasteiger charge is -2.38. The highest BCUT2D eigenvalue weighted by molar-refractivity contribution is 6.06. The molecule has 5 aromatic rings. The van der Waals surface area contributed by atoms with Gasteiger partial charge in [0.2, 0.25) is 5.91 Å². The zero-order valence-corrected chi connectivity index (χ0v) is 29.7. The monoisotopic (exact) mass is 715 g/mol. The Morgan fingerprint density at radius 1 is 1.00 bits per heavy atom. The molecule has 0 saturated carbocycles. The quantitative estimate of drug-likeness (QED) is 0.206. The number of urea groups is 1. The van der Waals surface area contributed by atoms with Crippen molar-refractivity contribution in [2.24, 2.45) is 0 Å². The minimum absolute atomic E-state index is 0.0338. The molecule has 0 aliphatic carbocycles. The molecule has 3 aliphatic heterocycles. The van der Waals surface area contributed by atoms with Crippen LogP contribution in [-0.2, 0) is 17.9 Å². The largest absolute Gasteiger partial charge is 0.371 e. The number of piperidine rings is 1. The molecular weight excluding hydrogens is 674 g/mol. The smallest absolute Gasteiger partial charge is 0.329 e. The van der Waals surface area contributed by atoms with E-state index in [0.29, 0.717) is 48.5 Å². The predicted octanol–water partition coefficient (Wildman–Crippen LogP) is 3.78. The molecule has 0 unspecified atom stereocenters. The molecule has 3 aliphatic rings. The molecule has 15 nitrogen and oxygen atoms in total. The third-order valence-electron chi connectivity index (χ3n) is 10.3. The number of rotatable bonds is 9. The van der Waals surface area contributed by atoms with E-state index in [1.165, 1.54) is 10.6 Å². The number of aromatic nitrogens is 5. The molecule has 8 rings (SSSR count). The Morgan fingerprint density at radius 2 is 1.81 bits per heavy atom. The van der Waals surface area contributed by atoms with Gasteiger partial charge in [0, 0.05) is 68.7 Å². The average Bonchev–Trinajstić information content (AvgIpc) is 3.78. The Morgan fingerprint density at radius 3 is 2.60 bits per heavy atom. The number of hydrogen-bond acceptors (Lipinski definition) is 9. The lowest BCUT2D eigenvalue weighted by Crippen LogP contribution is -2.50. The Labute approximate surface area is 306 Å². The summed E-state index contributed by atoms with van der Waals surface area (Å²) in [5.41, 5.74) is 5.36. The number of anilines is 3. The van der Waals surface area contributed by atoms with E-state index in [1.807, 2.05) is 35.8 Å². The van der Waals surface area contributed by atoms with Gasteiger partial charge >= 0.3 is 6.03 Å². The van der Waals surface area contributed by atoms with Crippen LogP contribution in [0.1, 0.15) is 64.3 Å². The van der Waals surface area contributed by atoms with E-state index in [0.717, 1.165) is 49.0 Å². The van der Waals surface area contributed by atoms with Crippen LogP contribution in [0.3, 0.4) is 0 Å². The Bertz CT molecular complexity index is 2200. The summed E-state index contributed by atoms with van der Waals surface area (Å²) in [6.07, 6.45) is 7.48. The van der Waals surface area contributed by atoms with Crippen molar-refractivity contribution in [3.8, 4) is 0 Å². The van der Waals surface area contributed by atoms with Gasteiger partial charge < -0.3 is 20.1 Å². The molecule has 0 spiro atoms. The first kappa shape index (κ1) is 34.0. The van der Waals surface area contributed by atoms with Gasteiger partial charge in [-0.05, 0) is 80.4 Å². The van der Waals surface area contributed by atoms with Gasteiger partial charge in [0.15, 0.2) is 0 Å². The SMILES string of the molecule is C[C@@H]1CNC(=O)c2cc3ccc(C(=O)Nc4cnn(Cc5ccc(N6CCC(N(C)Cc7ccnc(N8CCC(=O)NC8=O)c7)CC6)cc5)c4)nc3n21. The molecule has 4 aromatic heterocycles. The highest BCUT2D eigenvalue weighted by Gasteiger charge is 2.28. The van der Waals surface area contributed by atoms with Crippen LogP contribution in [0.15, 0.2) is 73.2 Å². The second-order valence-electron chi connectivity index (χ2n) is 14.0. The van der Waals surface area contributed by atoms with Crippen LogP contribution in [0, 0.1) is 0 Å². The standard InChI is InChI=1S/C38H41N11O4/c1-24-19-40-37(52)32-18-27-5-8-31(43-35(27)49(24)32)36(51)42-28-20-41-47(23-28)22-25-3-6-30(7-4-25)46-14-10-29(11-15-46)45(2)21-26-9-13-39-33(17-26)48-16-12-34(50)44-38(48)53/h3-9,13,17-18,20,23-24,29H,10-12,14-16,19,21-22H2,1-2H3,(H,40,52)(H,42,51)(H,44,50,53)/t24-/m1/s1. The van der Waals surface area contributed by atoms with Gasteiger partial charge in [0.05, 0.1) is 24.5 Å². The van der Waals surface area contributed by atoms with Crippen molar-refractivity contribution in [3.63, 3.8) is 0 Å². The van der Waals surface area contributed by atoms with E-state index >= 15 is 0 Å². The second-order valence-corrected chi connectivity index (χ2v) is 14.0. The molecule has 2 saturated heterocycles. The van der Waals surface area contributed by atoms with Crippen molar-refractivity contribution in [1.82, 2.24) is 39.8 Å². The summed E-state index contributed by atoms with van der Waals surface area (Å²) in [5.74, 6) is -0.180. The number of imide groups is 1. The van der Waals surface area contributed by atoms with Crippen LogP contribution in [0.4, 0.5) is 22.0 Å². The Hall–Kier alpha value is -6.09. The van der Waals surface area contributed by atoms with Gasteiger partial charge in [0.1, 0.15) is 22.9 Å². The number of nitrogens with zero attached hydrogens (tertiary/aromatic N) is 8. The van der Waals surface area contributed by atoms with E-state index in [4.69, 9.17) is 0 Å². The topological polar surface area (TPSA) is 163 Å². The fraction of sp³-hybridized carbons (Fsp3) is 0.342. The summed E-state index contributed by atoms with van der Waals surface area (Å²) >= 11 is 0. The fourth-order valence-electron chi connectivity index (χ4n) is 7.45. The maximum atomic E-state index is 13.1. The van der Waals surface area contributed by atoms with Crippen molar-refractivity contribution in [3.05, 3.63) is 95.7 Å². The van der Waals surface area contributed by atoms with Gasteiger partial charge in [-0.3, -0.25) is 34.2 Å². The van der Waals surface area contributed by atoms with Gasteiger partial charge in [-0.25, -0.2) is 14.8 Å². The highest BCUT2D eigenvalue weighted by Crippen LogP contribution is 2.27. The number of nitrogens with one attached hydrogen (secondary N) is 3. The van der Waals surface area contributed by atoms with E-state index in [1.54, 1.807) is 29.3 Å². The minimum Gasteiger partial charge on any atom is -0.371 e. The van der Waals surface area contributed by atoms with Crippen molar-refractivity contribution in [1.29, 1.82) is 0 Å². The molecule has 5 amide bonds. The summed E-state index contributed by atoms with van der Waals surface area (Å²) in [4.78, 5) is 64.6. The van der Waals surface area contributed by atoms with Crippen LogP contribution in [-0.4, -0.2) is 92.2 Å². The van der Waals surface area contributed by atoms with Crippen LogP contribution < -0.4 is 25.8 Å². The number of hydrogen-bond donors (Lipinski definition) is 3. The number of benzene rings is 1. The van der Waals surface area contributed by atoms with Crippen LogP contribution in [0.2, 0.25) is 0 Å². The Kier molecular flexibility index (Phi) is 9.08. The third-order valence-corrected chi connectivity index (χ3v) is 10.3. The first-order chi connectivity index (χ1) is 25.7. The third kappa shape index (κ3) is 7.07. The van der Waals surface area contributed by atoms with E-state index in [2.05, 4.69) is 72.1 Å². The summed E-state index contributed by atoms with van der Waals surface area (Å²) in [6, 6.07) is 17.8. The predicted molar refractivity (Wildman–Crippen MR) is 199 cm³/mol. The number of amides is 5. The first-order valence-electron chi connectivity index (χ1n) is 17.9. The zero-order chi connectivity index (χ0) is 36.6. The van der Waals surface area contributed by atoms with Crippen molar-refractivity contribution in [2.45, 2.75) is 51.4 Å². The normalized spacial score (nSPS) is 17.9. The molecule has 1 aromatic carbocycles. The number of fused-ring (bicyclic) bond motifs is 3. The number of carbonyl (C=O) groups excluding carboxylic acids is 4. The van der Waals surface area contributed by atoms with E-state index < -0.39 is 6.03 Å². The van der Waals surface area contributed by atoms with Crippen LogP contribution in [0.25, 0.3) is 11.0 Å². The molecular formula is C38H41N11O4. The van der Waals surface area contributed by atoms with Gasteiger partial charge in [0.25, 0.3) is 11.8 Å². The summed E-state index contributed by atoms with van der Waals surface area (Å²) in [7, 11) is 2.14. The van der Waals surface area contributed by atoms with E-state index in [-0.39, 0.29) is 35.9 Å². The van der Waals surface area contributed by atoms with Gasteiger partial charge in [-0.1, -0.05) is 12.1 Å². The summed E-state index contributed by atoms with van der Waals surface area (Å²) < 4.78 is 3.68. The van der Waals surface area contributed by atoms with Crippen LogP contribution in [0.5, 0.6) is 0 Å². The lowest BCUT2D eigenvalue weighted by atomic mass is 10.0.